The van der Waals surface area contributed by atoms with Crippen molar-refractivity contribution in [1.29, 1.82) is 5.26 Å². The standard InChI is InChI=1S/C31H42N6O7/c1-20-14-25(37(18-20)26(38)17-35-29(41)23-11-7-10-22(15-23)16-32)30(42)36-24(27(39)28(33)40)12-5-6-13-34-31(43)44-19-21-8-3-2-4-9-21/h2-4,8-9,20,22-25H,5-7,10-15,17-19H2,1H3,(H2,33,40)(H,34,43)(H,35,41)(H,36,42)/t20?,22?,23?,24?,25-/m0/s1. The Kier molecular flexibility index (Phi) is 13.1. The van der Waals surface area contributed by atoms with Gasteiger partial charge in [0.25, 0.3) is 5.91 Å². The van der Waals surface area contributed by atoms with Gasteiger partial charge >= 0.3 is 6.09 Å². The number of rotatable bonds is 14. The Balaban J connectivity index is 1.47. The van der Waals surface area contributed by atoms with E-state index in [4.69, 9.17) is 10.5 Å². The number of Topliss-reactive ketones (excluding diaryl/α,β-unsaturated/α-hetero) is 1. The largest absolute Gasteiger partial charge is 0.445 e. The predicted molar refractivity (Wildman–Crippen MR) is 158 cm³/mol. The van der Waals surface area contributed by atoms with Gasteiger partial charge in [-0.1, -0.05) is 43.7 Å². The van der Waals surface area contributed by atoms with Gasteiger partial charge in [0.05, 0.1) is 18.7 Å². The fourth-order valence-corrected chi connectivity index (χ4v) is 5.67. The quantitative estimate of drug-likeness (QED) is 0.178. The first kappa shape index (κ1) is 34.0. The van der Waals surface area contributed by atoms with E-state index in [1.165, 1.54) is 4.90 Å². The minimum absolute atomic E-state index is 0.00172. The third-order valence-electron chi connectivity index (χ3n) is 8.05. The highest BCUT2D eigenvalue weighted by Crippen LogP contribution is 2.29. The summed E-state index contributed by atoms with van der Waals surface area (Å²) in [6.45, 7) is 2.29. The summed E-state index contributed by atoms with van der Waals surface area (Å²) in [5, 5.41) is 17.1. The second-order valence-electron chi connectivity index (χ2n) is 11.6. The summed E-state index contributed by atoms with van der Waals surface area (Å²) in [6, 6.07) is 9.36. The lowest BCUT2D eigenvalue weighted by Gasteiger charge is -2.27. The average molecular weight is 611 g/mol. The van der Waals surface area contributed by atoms with Crippen molar-refractivity contribution >= 4 is 35.5 Å². The second kappa shape index (κ2) is 17.0. The molecule has 1 heterocycles. The van der Waals surface area contributed by atoms with Crippen LogP contribution < -0.4 is 21.7 Å². The van der Waals surface area contributed by atoms with E-state index in [1.807, 2.05) is 37.3 Å². The molecule has 0 aromatic heterocycles. The van der Waals surface area contributed by atoms with E-state index >= 15 is 0 Å². The van der Waals surface area contributed by atoms with E-state index in [0.29, 0.717) is 38.6 Å². The zero-order valence-corrected chi connectivity index (χ0v) is 25.1. The number of nitrogens with two attached hydrogens (primary N) is 1. The molecule has 1 aromatic carbocycles. The molecule has 238 valence electrons. The Morgan fingerprint density at radius 2 is 1.80 bits per heavy atom. The van der Waals surface area contributed by atoms with Gasteiger partial charge in [-0.2, -0.15) is 5.26 Å². The molecule has 4 unspecified atom stereocenters. The molecule has 0 bridgehead atoms. The number of benzene rings is 1. The van der Waals surface area contributed by atoms with Gasteiger partial charge in [-0.05, 0) is 56.4 Å². The fraction of sp³-hybridized carbons (Fsp3) is 0.581. The number of nitriles is 1. The molecular weight excluding hydrogens is 568 g/mol. The summed E-state index contributed by atoms with van der Waals surface area (Å²) in [4.78, 5) is 76.5. The highest BCUT2D eigenvalue weighted by atomic mass is 16.5. The summed E-state index contributed by atoms with van der Waals surface area (Å²) < 4.78 is 5.15. The van der Waals surface area contributed by atoms with Gasteiger partial charge < -0.3 is 31.3 Å². The van der Waals surface area contributed by atoms with E-state index in [9.17, 15) is 34.0 Å². The van der Waals surface area contributed by atoms with Crippen LogP contribution in [0.4, 0.5) is 4.79 Å². The molecule has 1 aliphatic heterocycles. The number of carbonyl (C=O) groups excluding carboxylic acids is 6. The van der Waals surface area contributed by atoms with Crippen LogP contribution in [-0.4, -0.2) is 72.1 Å². The molecule has 2 fully saturated rings. The molecule has 1 saturated heterocycles. The summed E-state index contributed by atoms with van der Waals surface area (Å²) in [5.41, 5.74) is 6.08. The number of nitrogens with one attached hydrogen (secondary N) is 3. The zero-order valence-electron chi connectivity index (χ0n) is 25.1. The highest BCUT2D eigenvalue weighted by molar-refractivity contribution is 6.37. The lowest BCUT2D eigenvalue weighted by Crippen LogP contribution is -2.54. The van der Waals surface area contributed by atoms with E-state index in [2.05, 4.69) is 22.0 Å². The van der Waals surface area contributed by atoms with Crippen LogP contribution in [-0.2, 0) is 35.3 Å². The molecule has 5 N–H and O–H groups in total. The number of ether oxygens (including phenoxy) is 1. The van der Waals surface area contributed by atoms with Crippen molar-refractivity contribution in [3.63, 3.8) is 0 Å². The molecule has 44 heavy (non-hydrogen) atoms. The Hall–Kier alpha value is -4.47. The van der Waals surface area contributed by atoms with E-state index in [0.717, 1.165) is 18.4 Å². The topological polar surface area (TPSA) is 201 Å². The number of likely N-dealkylation sites (tertiary alicyclic amines) is 1. The van der Waals surface area contributed by atoms with Gasteiger partial charge in [-0.3, -0.25) is 24.0 Å². The smallest absolute Gasteiger partial charge is 0.407 e. The van der Waals surface area contributed by atoms with Crippen molar-refractivity contribution in [2.45, 2.75) is 77.0 Å². The summed E-state index contributed by atoms with van der Waals surface area (Å²) in [6.07, 6.45) is 3.36. The first-order valence-electron chi connectivity index (χ1n) is 15.1. The van der Waals surface area contributed by atoms with Crippen LogP contribution >= 0.6 is 0 Å². The number of primary amides is 1. The number of nitrogens with zero attached hydrogens (tertiary/aromatic N) is 2. The molecule has 3 rings (SSSR count). The van der Waals surface area contributed by atoms with Crippen LogP contribution in [0, 0.1) is 29.1 Å². The van der Waals surface area contributed by atoms with Crippen LogP contribution in [0.3, 0.4) is 0 Å². The van der Waals surface area contributed by atoms with Gasteiger partial charge in [-0.25, -0.2) is 4.79 Å². The number of hydrogen-bond donors (Lipinski definition) is 4. The van der Waals surface area contributed by atoms with Crippen molar-refractivity contribution < 1.29 is 33.5 Å². The van der Waals surface area contributed by atoms with Gasteiger partial charge in [-0.15, -0.1) is 0 Å². The van der Waals surface area contributed by atoms with Crippen molar-refractivity contribution in [2.24, 2.45) is 23.5 Å². The highest BCUT2D eigenvalue weighted by Gasteiger charge is 2.39. The lowest BCUT2D eigenvalue weighted by molar-refractivity contribution is -0.141. The predicted octanol–water partition coefficient (Wildman–Crippen LogP) is 1.31. The van der Waals surface area contributed by atoms with Gasteiger partial charge in [0, 0.05) is 24.9 Å². The third kappa shape index (κ3) is 10.4. The molecule has 0 spiro atoms. The van der Waals surface area contributed by atoms with Crippen molar-refractivity contribution in [3.8, 4) is 6.07 Å². The lowest BCUT2D eigenvalue weighted by atomic mass is 9.82. The van der Waals surface area contributed by atoms with E-state index in [1.54, 1.807) is 0 Å². The third-order valence-corrected chi connectivity index (χ3v) is 8.05. The molecular formula is C31H42N6O7. The fourth-order valence-electron chi connectivity index (χ4n) is 5.67. The normalized spacial score (nSPS) is 21.8. The van der Waals surface area contributed by atoms with Crippen molar-refractivity contribution in [2.75, 3.05) is 19.6 Å². The molecule has 2 aliphatic rings. The number of alkyl carbamates (subject to hydrolysis) is 1. The second-order valence-corrected chi connectivity index (χ2v) is 11.6. The average Bonchev–Trinajstić information content (AvgIpc) is 3.43. The van der Waals surface area contributed by atoms with E-state index in [-0.39, 0.29) is 49.8 Å². The minimum atomic E-state index is -1.19. The summed E-state index contributed by atoms with van der Waals surface area (Å²) >= 11 is 0. The SMILES string of the molecule is CC1C[C@@H](C(=O)NC(CCCCNC(=O)OCc2ccccc2)C(=O)C(N)=O)N(C(=O)CNC(=O)C2CCCC(C#N)C2)C1. The molecule has 5 amide bonds. The maximum atomic E-state index is 13.3. The molecule has 1 saturated carbocycles. The maximum absolute atomic E-state index is 13.3. The first-order valence-corrected chi connectivity index (χ1v) is 15.1. The summed E-state index contributed by atoms with van der Waals surface area (Å²) in [5.74, 6) is -3.93. The van der Waals surface area contributed by atoms with Crippen LogP contribution in [0.5, 0.6) is 0 Å². The monoisotopic (exact) mass is 610 g/mol. The van der Waals surface area contributed by atoms with Crippen LogP contribution in [0.25, 0.3) is 0 Å². The number of amides is 5. The van der Waals surface area contributed by atoms with Gasteiger partial charge in [0.15, 0.2) is 0 Å². The van der Waals surface area contributed by atoms with Crippen LogP contribution in [0.15, 0.2) is 30.3 Å². The molecule has 0 radical (unpaired) electrons. The summed E-state index contributed by atoms with van der Waals surface area (Å²) in [7, 11) is 0. The molecule has 13 nitrogen and oxygen atoms in total. The Morgan fingerprint density at radius 3 is 2.50 bits per heavy atom. The van der Waals surface area contributed by atoms with Crippen LogP contribution in [0.2, 0.25) is 0 Å². The minimum Gasteiger partial charge on any atom is -0.445 e. The number of hydrogen-bond acceptors (Lipinski definition) is 8. The van der Waals surface area contributed by atoms with Gasteiger partial charge in [0.1, 0.15) is 12.6 Å². The van der Waals surface area contributed by atoms with Crippen molar-refractivity contribution in [3.05, 3.63) is 35.9 Å². The molecule has 5 atom stereocenters. The molecule has 1 aromatic rings. The Bertz CT molecular complexity index is 1230. The molecule has 13 heteroatoms. The van der Waals surface area contributed by atoms with Gasteiger partial charge in [0.2, 0.25) is 23.5 Å². The number of ketones is 1. The van der Waals surface area contributed by atoms with Crippen molar-refractivity contribution in [1.82, 2.24) is 20.9 Å². The zero-order chi connectivity index (χ0) is 32.1. The first-order chi connectivity index (χ1) is 21.1. The van der Waals surface area contributed by atoms with E-state index < -0.39 is 41.7 Å². The number of unbranched alkanes of at least 4 members (excludes halogenated alkanes) is 1. The van der Waals surface area contributed by atoms with Crippen LogP contribution in [0.1, 0.15) is 63.9 Å². The maximum Gasteiger partial charge on any atom is 0.407 e. The number of carbonyl (C=O) groups is 6. The molecule has 1 aliphatic carbocycles. The Morgan fingerprint density at radius 1 is 1.05 bits per heavy atom. The Labute approximate surface area is 257 Å².